The molecule has 1 aromatic carbocycles. The Hall–Kier alpha value is -2.43. The lowest BCUT2D eigenvalue weighted by atomic mass is 10.2. The maximum absolute atomic E-state index is 12.0. The molecule has 1 amide bonds. The largest absolute Gasteiger partial charge is 0.350 e. The first kappa shape index (κ1) is 17.9. The number of amides is 1. The first-order valence-corrected chi connectivity index (χ1v) is 8.40. The summed E-state index contributed by atoms with van der Waals surface area (Å²) in [5.41, 5.74) is 1.56. The van der Waals surface area contributed by atoms with Gasteiger partial charge >= 0.3 is 0 Å². The summed E-state index contributed by atoms with van der Waals surface area (Å²) < 4.78 is 0. The monoisotopic (exact) mass is 326 g/mol. The molecule has 5 heteroatoms. The van der Waals surface area contributed by atoms with E-state index in [1.54, 1.807) is 6.07 Å². The van der Waals surface area contributed by atoms with Gasteiger partial charge in [-0.2, -0.15) is 0 Å². The van der Waals surface area contributed by atoms with Crippen LogP contribution >= 0.6 is 0 Å². The SMILES string of the molecule is CC(C)CNC(=O)c1ccc(N(Cc2ccccc2)C(C)C)nn1. The van der Waals surface area contributed by atoms with Crippen LogP contribution in [0.1, 0.15) is 43.7 Å². The number of benzene rings is 1. The molecule has 0 aliphatic carbocycles. The average molecular weight is 326 g/mol. The van der Waals surface area contributed by atoms with E-state index >= 15 is 0 Å². The van der Waals surface area contributed by atoms with Crippen LogP contribution in [0.15, 0.2) is 42.5 Å². The van der Waals surface area contributed by atoms with Gasteiger partial charge in [0.1, 0.15) is 0 Å². The van der Waals surface area contributed by atoms with Gasteiger partial charge in [-0.1, -0.05) is 44.2 Å². The number of nitrogens with zero attached hydrogens (tertiary/aromatic N) is 3. The molecule has 5 nitrogen and oxygen atoms in total. The van der Waals surface area contributed by atoms with E-state index in [4.69, 9.17) is 0 Å². The van der Waals surface area contributed by atoms with Crippen molar-refractivity contribution in [3.05, 3.63) is 53.7 Å². The van der Waals surface area contributed by atoms with Crippen LogP contribution < -0.4 is 10.2 Å². The third kappa shape index (κ3) is 5.05. The molecular weight excluding hydrogens is 300 g/mol. The second-order valence-corrected chi connectivity index (χ2v) is 6.59. The molecule has 0 bridgehead atoms. The van der Waals surface area contributed by atoms with Crippen LogP contribution in [0.2, 0.25) is 0 Å². The van der Waals surface area contributed by atoms with E-state index in [0.29, 0.717) is 18.2 Å². The van der Waals surface area contributed by atoms with Crippen molar-refractivity contribution >= 4 is 11.7 Å². The summed E-state index contributed by atoms with van der Waals surface area (Å²) in [7, 11) is 0. The van der Waals surface area contributed by atoms with Crippen LogP contribution in [0, 0.1) is 5.92 Å². The molecule has 0 fully saturated rings. The molecule has 2 rings (SSSR count). The van der Waals surface area contributed by atoms with Crippen molar-refractivity contribution in [3.63, 3.8) is 0 Å². The molecule has 2 aromatic rings. The smallest absolute Gasteiger partial charge is 0.271 e. The fourth-order valence-corrected chi connectivity index (χ4v) is 2.30. The zero-order valence-corrected chi connectivity index (χ0v) is 14.9. The van der Waals surface area contributed by atoms with Gasteiger partial charge in [-0.25, -0.2) is 0 Å². The first-order chi connectivity index (χ1) is 11.5. The Morgan fingerprint density at radius 1 is 1.04 bits per heavy atom. The summed E-state index contributed by atoms with van der Waals surface area (Å²) >= 11 is 0. The normalized spacial score (nSPS) is 10.9. The van der Waals surface area contributed by atoms with E-state index in [2.05, 4.69) is 60.2 Å². The fourth-order valence-electron chi connectivity index (χ4n) is 2.30. The minimum atomic E-state index is -0.179. The zero-order chi connectivity index (χ0) is 17.5. The Kier molecular flexibility index (Phi) is 6.29. The quantitative estimate of drug-likeness (QED) is 0.848. The van der Waals surface area contributed by atoms with Crippen LogP contribution in [-0.4, -0.2) is 28.7 Å². The molecule has 0 unspecified atom stereocenters. The Bertz CT molecular complexity index is 638. The Morgan fingerprint density at radius 2 is 1.75 bits per heavy atom. The second kappa shape index (κ2) is 8.43. The molecular formula is C19H26N4O. The predicted octanol–water partition coefficient (Wildman–Crippen LogP) is 3.28. The number of hydrogen-bond acceptors (Lipinski definition) is 4. The van der Waals surface area contributed by atoms with Gasteiger partial charge in [-0.3, -0.25) is 4.79 Å². The highest BCUT2D eigenvalue weighted by molar-refractivity contribution is 5.92. The summed E-state index contributed by atoms with van der Waals surface area (Å²) in [6.07, 6.45) is 0. The van der Waals surface area contributed by atoms with E-state index in [9.17, 15) is 4.79 Å². The number of carbonyl (C=O) groups excluding carboxylic acids is 1. The van der Waals surface area contributed by atoms with Gasteiger partial charge in [0.05, 0.1) is 0 Å². The number of carbonyl (C=O) groups is 1. The zero-order valence-electron chi connectivity index (χ0n) is 14.9. The number of nitrogens with one attached hydrogen (secondary N) is 1. The third-order valence-electron chi connectivity index (χ3n) is 3.67. The molecule has 0 radical (unpaired) electrons. The lowest BCUT2D eigenvalue weighted by Crippen LogP contribution is -2.32. The van der Waals surface area contributed by atoms with Crippen molar-refractivity contribution in [2.24, 2.45) is 5.92 Å². The maximum Gasteiger partial charge on any atom is 0.271 e. The maximum atomic E-state index is 12.0. The standard InChI is InChI=1S/C19H26N4O/c1-14(2)12-20-19(24)17-10-11-18(22-21-17)23(15(3)4)13-16-8-6-5-7-9-16/h5-11,14-15H,12-13H2,1-4H3,(H,20,24). The van der Waals surface area contributed by atoms with Crippen molar-refractivity contribution in [2.75, 3.05) is 11.4 Å². The lowest BCUT2D eigenvalue weighted by Gasteiger charge is -2.27. The molecule has 0 atom stereocenters. The minimum absolute atomic E-state index is 0.179. The van der Waals surface area contributed by atoms with Crippen LogP contribution in [-0.2, 0) is 6.54 Å². The molecule has 0 aliphatic rings. The second-order valence-electron chi connectivity index (χ2n) is 6.59. The van der Waals surface area contributed by atoms with Crippen molar-refractivity contribution in [2.45, 2.75) is 40.3 Å². The molecule has 0 aliphatic heterocycles. The van der Waals surface area contributed by atoms with Crippen LogP contribution in [0.25, 0.3) is 0 Å². The van der Waals surface area contributed by atoms with E-state index in [0.717, 1.165) is 12.4 Å². The molecule has 0 saturated carbocycles. The van der Waals surface area contributed by atoms with Crippen LogP contribution in [0.5, 0.6) is 0 Å². The molecule has 0 saturated heterocycles. The van der Waals surface area contributed by atoms with E-state index in [-0.39, 0.29) is 11.9 Å². The lowest BCUT2D eigenvalue weighted by molar-refractivity contribution is 0.0943. The van der Waals surface area contributed by atoms with Gasteiger partial charge in [0.15, 0.2) is 11.5 Å². The first-order valence-electron chi connectivity index (χ1n) is 8.40. The van der Waals surface area contributed by atoms with Gasteiger partial charge in [0, 0.05) is 19.1 Å². The Morgan fingerprint density at radius 3 is 2.29 bits per heavy atom. The molecule has 0 spiro atoms. The summed E-state index contributed by atoms with van der Waals surface area (Å²) in [6, 6.07) is 14.1. The number of aromatic nitrogens is 2. The van der Waals surface area contributed by atoms with Crippen LogP contribution in [0.3, 0.4) is 0 Å². The Balaban J connectivity index is 2.10. The number of hydrogen-bond donors (Lipinski definition) is 1. The van der Waals surface area contributed by atoms with Gasteiger partial charge in [-0.05, 0) is 37.5 Å². The average Bonchev–Trinajstić information content (AvgIpc) is 2.58. The highest BCUT2D eigenvalue weighted by Crippen LogP contribution is 2.17. The van der Waals surface area contributed by atoms with Gasteiger partial charge in [-0.15, -0.1) is 10.2 Å². The highest BCUT2D eigenvalue weighted by atomic mass is 16.1. The summed E-state index contributed by atoms with van der Waals surface area (Å²) in [5.74, 6) is 1.000. The predicted molar refractivity (Wildman–Crippen MR) is 97.0 cm³/mol. The van der Waals surface area contributed by atoms with Gasteiger partial charge in [0.2, 0.25) is 0 Å². The molecule has 1 N–H and O–H groups in total. The van der Waals surface area contributed by atoms with Crippen molar-refractivity contribution < 1.29 is 4.79 Å². The van der Waals surface area contributed by atoms with E-state index in [1.807, 2.05) is 24.3 Å². The highest BCUT2D eigenvalue weighted by Gasteiger charge is 2.15. The van der Waals surface area contributed by atoms with Crippen molar-refractivity contribution in [1.29, 1.82) is 0 Å². The summed E-state index contributed by atoms with van der Waals surface area (Å²) in [6.45, 7) is 9.74. The van der Waals surface area contributed by atoms with Crippen molar-refractivity contribution in [3.8, 4) is 0 Å². The number of anilines is 1. The van der Waals surface area contributed by atoms with Gasteiger partial charge in [0.25, 0.3) is 5.91 Å². The summed E-state index contributed by atoms with van der Waals surface area (Å²) in [4.78, 5) is 14.2. The van der Waals surface area contributed by atoms with Crippen molar-refractivity contribution in [1.82, 2.24) is 15.5 Å². The topological polar surface area (TPSA) is 58.1 Å². The Labute approximate surface area is 144 Å². The van der Waals surface area contributed by atoms with Gasteiger partial charge < -0.3 is 10.2 Å². The summed E-state index contributed by atoms with van der Waals surface area (Å²) in [5, 5.41) is 11.2. The fraction of sp³-hybridized carbons (Fsp3) is 0.421. The molecule has 1 heterocycles. The molecule has 24 heavy (non-hydrogen) atoms. The molecule has 1 aromatic heterocycles. The van der Waals surface area contributed by atoms with Crippen LogP contribution in [0.4, 0.5) is 5.82 Å². The minimum Gasteiger partial charge on any atom is -0.350 e. The van der Waals surface area contributed by atoms with E-state index < -0.39 is 0 Å². The third-order valence-corrected chi connectivity index (χ3v) is 3.67. The molecule has 128 valence electrons. The van der Waals surface area contributed by atoms with E-state index in [1.165, 1.54) is 5.56 Å². The number of rotatable bonds is 7.